The monoisotopic (exact) mass is 417 g/mol. The quantitative estimate of drug-likeness (QED) is 0.575. The Morgan fingerprint density at radius 3 is 2.96 bits per heavy atom. The second-order valence-corrected chi connectivity index (χ2v) is 9.02. The van der Waals surface area contributed by atoms with Crippen molar-refractivity contribution in [3.63, 3.8) is 0 Å². The van der Waals surface area contributed by atoms with E-state index in [0.29, 0.717) is 11.7 Å². The smallest absolute Gasteiger partial charge is 0.272 e. The summed E-state index contributed by atoms with van der Waals surface area (Å²) < 4.78 is 7.17. The van der Waals surface area contributed by atoms with E-state index in [1.165, 1.54) is 11.8 Å². The summed E-state index contributed by atoms with van der Waals surface area (Å²) in [5.41, 5.74) is 2.71. The lowest BCUT2D eigenvalue weighted by Crippen LogP contribution is -2.33. The predicted octanol–water partition coefficient (Wildman–Crippen LogP) is 2.58. The van der Waals surface area contributed by atoms with E-state index >= 15 is 0 Å². The molecule has 3 heterocycles. The first-order valence-electron chi connectivity index (χ1n) is 9.48. The first-order valence-corrected chi connectivity index (χ1v) is 11.5. The zero-order valence-electron chi connectivity index (χ0n) is 15.8. The molecule has 1 N–H and O–H groups in total. The summed E-state index contributed by atoms with van der Waals surface area (Å²) >= 11 is 2.87. The second kappa shape index (κ2) is 8.71. The Bertz CT molecular complexity index is 922. The lowest BCUT2D eigenvalue weighted by Gasteiger charge is -2.14. The number of hydrogen-bond acceptors (Lipinski definition) is 6. The van der Waals surface area contributed by atoms with Gasteiger partial charge < -0.3 is 10.1 Å². The van der Waals surface area contributed by atoms with Gasteiger partial charge in [-0.25, -0.2) is 4.98 Å². The molecule has 0 spiro atoms. The van der Waals surface area contributed by atoms with E-state index in [-0.39, 0.29) is 23.3 Å². The van der Waals surface area contributed by atoms with Crippen molar-refractivity contribution in [3.05, 3.63) is 45.9 Å². The summed E-state index contributed by atoms with van der Waals surface area (Å²) in [5, 5.41) is 3.50. The van der Waals surface area contributed by atoms with Crippen LogP contribution in [0.2, 0.25) is 0 Å². The fourth-order valence-corrected chi connectivity index (χ4v) is 5.21. The molecule has 8 heteroatoms. The van der Waals surface area contributed by atoms with Crippen LogP contribution in [0.3, 0.4) is 0 Å². The van der Waals surface area contributed by atoms with E-state index in [0.717, 1.165) is 53.5 Å². The minimum Gasteiger partial charge on any atom is -0.376 e. The first-order chi connectivity index (χ1) is 13.6. The highest BCUT2D eigenvalue weighted by molar-refractivity contribution is 8.00. The Morgan fingerprint density at radius 2 is 2.21 bits per heavy atom. The van der Waals surface area contributed by atoms with Gasteiger partial charge in [-0.3, -0.25) is 14.2 Å². The van der Waals surface area contributed by atoms with Gasteiger partial charge in [0.1, 0.15) is 0 Å². The highest BCUT2D eigenvalue weighted by Crippen LogP contribution is 2.30. The molecule has 1 atom stereocenters. The van der Waals surface area contributed by atoms with Crippen LogP contribution in [0.15, 0.2) is 39.1 Å². The zero-order valence-corrected chi connectivity index (χ0v) is 17.4. The fourth-order valence-electron chi connectivity index (χ4n) is 3.32. The largest absolute Gasteiger partial charge is 0.376 e. The van der Waals surface area contributed by atoms with Crippen LogP contribution in [-0.4, -0.2) is 46.2 Å². The van der Waals surface area contributed by atoms with Gasteiger partial charge >= 0.3 is 0 Å². The van der Waals surface area contributed by atoms with Gasteiger partial charge in [0.05, 0.1) is 28.1 Å². The number of thioether (sulfide) groups is 2. The van der Waals surface area contributed by atoms with Gasteiger partial charge in [-0.1, -0.05) is 29.5 Å². The lowest BCUT2D eigenvalue weighted by molar-refractivity contribution is -0.119. The minimum atomic E-state index is -0.0694. The Hall–Kier alpha value is -1.77. The molecule has 0 saturated carbocycles. The van der Waals surface area contributed by atoms with Crippen LogP contribution in [0.1, 0.15) is 24.1 Å². The molecule has 1 aromatic carbocycles. The molecule has 4 rings (SSSR count). The maximum absolute atomic E-state index is 13.1. The van der Waals surface area contributed by atoms with Crippen molar-refractivity contribution in [3.8, 4) is 5.69 Å². The number of aromatic nitrogens is 2. The number of amides is 1. The van der Waals surface area contributed by atoms with E-state index in [4.69, 9.17) is 9.72 Å². The molecule has 0 bridgehead atoms. The van der Waals surface area contributed by atoms with Crippen LogP contribution in [0.25, 0.3) is 5.69 Å². The summed E-state index contributed by atoms with van der Waals surface area (Å²) in [6.07, 6.45) is 2.96. The molecular formula is C20H23N3O3S2. The maximum Gasteiger partial charge on any atom is 0.272 e. The molecule has 0 aliphatic carbocycles. The molecule has 6 nitrogen and oxygen atoms in total. The Labute approximate surface area is 172 Å². The number of hydrogen-bond donors (Lipinski definition) is 1. The molecule has 28 heavy (non-hydrogen) atoms. The van der Waals surface area contributed by atoms with E-state index < -0.39 is 0 Å². The highest BCUT2D eigenvalue weighted by Gasteiger charge is 2.23. The third kappa shape index (κ3) is 4.29. The van der Waals surface area contributed by atoms with Crippen molar-refractivity contribution < 1.29 is 9.53 Å². The highest BCUT2D eigenvalue weighted by atomic mass is 32.2. The summed E-state index contributed by atoms with van der Waals surface area (Å²) in [4.78, 5) is 30.8. The molecule has 2 aliphatic rings. The standard InChI is InChI=1S/C20H23N3O3S2/c1-13-4-6-14(7-5-13)23-19(25)18-16(8-10-27-18)22-20(23)28-12-17(24)21-11-15-3-2-9-26-15/h4-7,15H,2-3,8-12H2,1H3,(H,21,24)/t15-/m0/s1. The molecule has 0 radical (unpaired) electrons. The molecule has 1 saturated heterocycles. The van der Waals surface area contributed by atoms with Crippen LogP contribution >= 0.6 is 23.5 Å². The Morgan fingerprint density at radius 1 is 1.39 bits per heavy atom. The van der Waals surface area contributed by atoms with Crippen LogP contribution in [-0.2, 0) is 16.0 Å². The van der Waals surface area contributed by atoms with Crippen molar-refractivity contribution in [2.24, 2.45) is 0 Å². The number of fused-ring (bicyclic) bond motifs is 1. The van der Waals surface area contributed by atoms with Crippen LogP contribution in [0, 0.1) is 6.92 Å². The van der Waals surface area contributed by atoms with Gasteiger partial charge in [-0.05, 0) is 31.9 Å². The first kappa shape index (κ1) is 19.5. The van der Waals surface area contributed by atoms with E-state index in [1.807, 2.05) is 31.2 Å². The molecule has 2 aliphatic heterocycles. The van der Waals surface area contributed by atoms with Gasteiger partial charge in [0.15, 0.2) is 5.16 Å². The number of carbonyl (C=O) groups excluding carboxylic acids is 1. The van der Waals surface area contributed by atoms with Gasteiger partial charge in [0, 0.05) is 25.3 Å². The second-order valence-electron chi connectivity index (χ2n) is 6.97. The average Bonchev–Trinajstić information content (AvgIpc) is 3.37. The Balaban J connectivity index is 1.53. The lowest BCUT2D eigenvalue weighted by atomic mass is 10.2. The summed E-state index contributed by atoms with van der Waals surface area (Å²) in [6, 6.07) is 7.80. The molecule has 0 unspecified atom stereocenters. The number of rotatable bonds is 6. The third-order valence-electron chi connectivity index (χ3n) is 4.84. The van der Waals surface area contributed by atoms with Crippen molar-refractivity contribution in [1.82, 2.24) is 14.9 Å². The predicted molar refractivity (Wildman–Crippen MR) is 112 cm³/mol. The van der Waals surface area contributed by atoms with Crippen molar-refractivity contribution >= 4 is 29.4 Å². The number of nitrogens with zero attached hydrogens (tertiary/aromatic N) is 2. The van der Waals surface area contributed by atoms with Gasteiger partial charge in [0.25, 0.3) is 5.56 Å². The maximum atomic E-state index is 13.1. The average molecular weight is 418 g/mol. The van der Waals surface area contributed by atoms with Gasteiger partial charge in [-0.15, -0.1) is 11.8 Å². The van der Waals surface area contributed by atoms with Gasteiger partial charge in [0.2, 0.25) is 5.91 Å². The SMILES string of the molecule is Cc1ccc(-n2c(SCC(=O)NC[C@@H]3CCCO3)nc3c(c2=O)SCC3)cc1. The molecule has 2 aromatic rings. The molecule has 1 amide bonds. The Kier molecular flexibility index (Phi) is 6.08. The third-order valence-corrected chi connectivity index (χ3v) is 6.89. The minimum absolute atomic E-state index is 0.0429. The number of ether oxygens (including phenoxy) is 1. The van der Waals surface area contributed by atoms with E-state index in [2.05, 4.69) is 5.32 Å². The van der Waals surface area contributed by atoms with Crippen molar-refractivity contribution in [2.45, 2.75) is 42.3 Å². The molecular weight excluding hydrogens is 394 g/mol. The van der Waals surface area contributed by atoms with Crippen LogP contribution < -0.4 is 10.9 Å². The zero-order chi connectivity index (χ0) is 19.5. The van der Waals surface area contributed by atoms with Crippen LogP contribution in [0.4, 0.5) is 0 Å². The van der Waals surface area contributed by atoms with Gasteiger partial charge in [-0.2, -0.15) is 0 Å². The van der Waals surface area contributed by atoms with Crippen molar-refractivity contribution in [1.29, 1.82) is 0 Å². The number of benzene rings is 1. The summed E-state index contributed by atoms with van der Waals surface area (Å²) in [6.45, 7) is 3.32. The van der Waals surface area contributed by atoms with Crippen LogP contribution in [0.5, 0.6) is 0 Å². The van der Waals surface area contributed by atoms with Crippen molar-refractivity contribution in [2.75, 3.05) is 24.7 Å². The molecule has 148 valence electrons. The number of aryl methyl sites for hydroxylation is 2. The topological polar surface area (TPSA) is 73.2 Å². The van der Waals surface area contributed by atoms with E-state index in [9.17, 15) is 9.59 Å². The number of carbonyl (C=O) groups is 1. The normalized spacial score (nSPS) is 18.2. The fraction of sp³-hybridized carbons (Fsp3) is 0.450. The summed E-state index contributed by atoms with van der Waals surface area (Å²) in [7, 11) is 0. The molecule has 1 fully saturated rings. The molecule has 1 aromatic heterocycles. The van der Waals surface area contributed by atoms with E-state index in [1.54, 1.807) is 16.3 Å². The summed E-state index contributed by atoms with van der Waals surface area (Å²) in [5.74, 6) is 1.03. The number of nitrogens with one attached hydrogen (secondary N) is 1.